The fourth-order valence-corrected chi connectivity index (χ4v) is 2.33. The summed E-state index contributed by atoms with van der Waals surface area (Å²) in [4.78, 5) is 12.2. The second-order valence-electron chi connectivity index (χ2n) is 5.45. The van der Waals surface area contributed by atoms with Crippen molar-refractivity contribution in [3.05, 3.63) is 47.0 Å². The summed E-state index contributed by atoms with van der Waals surface area (Å²) in [5.41, 5.74) is 2.99. The Morgan fingerprint density at radius 1 is 1.04 bits per heavy atom. The first-order valence-electron chi connectivity index (χ1n) is 7.64. The number of hydrogen-bond donors (Lipinski definition) is 1. The molecular formula is C19H20N2O4. The van der Waals surface area contributed by atoms with Crippen molar-refractivity contribution in [2.75, 3.05) is 26.1 Å². The van der Waals surface area contributed by atoms with Crippen molar-refractivity contribution in [2.24, 2.45) is 0 Å². The van der Waals surface area contributed by atoms with Gasteiger partial charge in [-0.2, -0.15) is 5.26 Å². The van der Waals surface area contributed by atoms with Crippen LogP contribution in [0.4, 0.5) is 5.69 Å². The molecule has 0 aliphatic heterocycles. The van der Waals surface area contributed by atoms with E-state index in [1.165, 1.54) is 7.11 Å². The Bertz CT molecular complexity index is 825. The van der Waals surface area contributed by atoms with Gasteiger partial charge in [-0.25, -0.2) is 0 Å². The molecule has 0 heterocycles. The van der Waals surface area contributed by atoms with E-state index in [4.69, 9.17) is 19.5 Å². The summed E-state index contributed by atoms with van der Waals surface area (Å²) in [6, 6.07) is 10.5. The van der Waals surface area contributed by atoms with E-state index in [0.717, 1.165) is 16.9 Å². The zero-order chi connectivity index (χ0) is 18.4. The Hall–Kier alpha value is -3.20. The molecule has 1 amide bonds. The fourth-order valence-electron chi connectivity index (χ4n) is 2.33. The van der Waals surface area contributed by atoms with Crippen molar-refractivity contribution in [2.45, 2.75) is 13.8 Å². The monoisotopic (exact) mass is 340 g/mol. The largest absolute Gasteiger partial charge is 0.496 e. The van der Waals surface area contributed by atoms with Crippen LogP contribution in [0.15, 0.2) is 30.3 Å². The Morgan fingerprint density at radius 2 is 1.76 bits per heavy atom. The molecule has 0 saturated carbocycles. The first-order chi connectivity index (χ1) is 12.0. The van der Waals surface area contributed by atoms with Crippen molar-refractivity contribution >= 4 is 11.6 Å². The maximum Gasteiger partial charge on any atom is 0.262 e. The van der Waals surface area contributed by atoms with Gasteiger partial charge >= 0.3 is 0 Å². The molecular weight excluding hydrogens is 320 g/mol. The zero-order valence-electron chi connectivity index (χ0n) is 14.7. The molecule has 25 heavy (non-hydrogen) atoms. The third-order valence-electron chi connectivity index (χ3n) is 3.67. The van der Waals surface area contributed by atoms with Crippen molar-refractivity contribution in [3.63, 3.8) is 0 Å². The standard InChI is InChI=1S/C19H20N2O4/c1-12-8-17(23-3)13(2)7-15(12)21-19(22)11-25-16-6-5-14(10-20)9-18(16)24-4/h5-9H,11H2,1-4H3,(H,21,22). The van der Waals surface area contributed by atoms with Crippen molar-refractivity contribution in [1.29, 1.82) is 5.26 Å². The molecule has 0 aliphatic rings. The number of nitrogens with one attached hydrogen (secondary N) is 1. The summed E-state index contributed by atoms with van der Waals surface area (Å²) < 4.78 is 15.9. The highest BCUT2D eigenvalue weighted by Gasteiger charge is 2.11. The van der Waals surface area contributed by atoms with Crippen LogP contribution >= 0.6 is 0 Å². The van der Waals surface area contributed by atoms with Gasteiger partial charge in [-0.3, -0.25) is 4.79 Å². The molecule has 0 atom stereocenters. The number of nitrogens with zero attached hydrogens (tertiary/aromatic N) is 1. The molecule has 0 bridgehead atoms. The lowest BCUT2D eigenvalue weighted by Gasteiger charge is -2.14. The normalized spacial score (nSPS) is 9.88. The van der Waals surface area contributed by atoms with Gasteiger partial charge < -0.3 is 19.5 Å². The molecule has 0 fully saturated rings. The number of hydrogen-bond acceptors (Lipinski definition) is 5. The van der Waals surface area contributed by atoms with Gasteiger partial charge in [0.05, 0.1) is 25.9 Å². The van der Waals surface area contributed by atoms with Gasteiger partial charge in [-0.15, -0.1) is 0 Å². The number of aryl methyl sites for hydroxylation is 2. The van der Waals surface area contributed by atoms with Gasteiger partial charge in [0.2, 0.25) is 0 Å². The van der Waals surface area contributed by atoms with Crippen LogP contribution in [0.5, 0.6) is 17.2 Å². The average Bonchev–Trinajstić information content (AvgIpc) is 2.62. The van der Waals surface area contributed by atoms with Gasteiger partial charge in [0.25, 0.3) is 5.91 Å². The third kappa shape index (κ3) is 4.42. The first-order valence-corrected chi connectivity index (χ1v) is 7.64. The Morgan fingerprint density at radius 3 is 2.40 bits per heavy atom. The quantitative estimate of drug-likeness (QED) is 0.873. The number of amides is 1. The van der Waals surface area contributed by atoms with Gasteiger partial charge in [0.1, 0.15) is 5.75 Å². The van der Waals surface area contributed by atoms with E-state index in [9.17, 15) is 4.79 Å². The van der Waals surface area contributed by atoms with Crippen LogP contribution in [0.2, 0.25) is 0 Å². The third-order valence-corrected chi connectivity index (χ3v) is 3.67. The number of carbonyl (C=O) groups is 1. The molecule has 130 valence electrons. The Balaban J connectivity index is 2.05. The predicted molar refractivity (Wildman–Crippen MR) is 94.3 cm³/mol. The van der Waals surface area contributed by atoms with E-state index in [-0.39, 0.29) is 12.5 Å². The van der Waals surface area contributed by atoms with Crippen LogP contribution < -0.4 is 19.5 Å². The lowest BCUT2D eigenvalue weighted by Crippen LogP contribution is -2.21. The molecule has 2 aromatic rings. The number of carbonyl (C=O) groups excluding carboxylic acids is 1. The molecule has 0 radical (unpaired) electrons. The van der Waals surface area contributed by atoms with Gasteiger partial charge in [-0.1, -0.05) is 0 Å². The van der Waals surface area contributed by atoms with Crippen LogP contribution in [0.3, 0.4) is 0 Å². The minimum atomic E-state index is -0.293. The fraction of sp³-hybridized carbons (Fsp3) is 0.263. The highest BCUT2D eigenvalue weighted by Crippen LogP contribution is 2.28. The molecule has 2 aromatic carbocycles. The van der Waals surface area contributed by atoms with E-state index >= 15 is 0 Å². The minimum absolute atomic E-state index is 0.174. The topological polar surface area (TPSA) is 80.6 Å². The first kappa shape index (κ1) is 18.1. The summed E-state index contributed by atoms with van der Waals surface area (Å²) in [6.07, 6.45) is 0. The number of benzene rings is 2. The minimum Gasteiger partial charge on any atom is -0.496 e. The lowest BCUT2D eigenvalue weighted by molar-refractivity contribution is -0.118. The molecule has 0 spiro atoms. The lowest BCUT2D eigenvalue weighted by atomic mass is 10.1. The summed E-state index contributed by atoms with van der Waals surface area (Å²) in [5.74, 6) is 1.29. The summed E-state index contributed by atoms with van der Waals surface area (Å²) >= 11 is 0. The highest BCUT2D eigenvalue weighted by atomic mass is 16.5. The zero-order valence-corrected chi connectivity index (χ0v) is 14.7. The SMILES string of the molecule is COc1cc(C)c(NC(=O)COc2ccc(C#N)cc2OC)cc1C. The molecule has 0 unspecified atom stereocenters. The average molecular weight is 340 g/mol. The summed E-state index contributed by atoms with van der Waals surface area (Å²) in [7, 11) is 3.09. The van der Waals surface area contributed by atoms with Gasteiger partial charge in [-0.05, 0) is 49.2 Å². The van der Waals surface area contributed by atoms with Crippen molar-refractivity contribution in [3.8, 4) is 23.3 Å². The van der Waals surface area contributed by atoms with E-state index in [1.54, 1.807) is 25.3 Å². The van der Waals surface area contributed by atoms with Crippen LogP contribution in [0.1, 0.15) is 16.7 Å². The molecule has 0 aromatic heterocycles. The van der Waals surface area contributed by atoms with E-state index in [0.29, 0.717) is 22.7 Å². The summed E-state index contributed by atoms with van der Waals surface area (Å²) in [6.45, 7) is 3.63. The van der Waals surface area contributed by atoms with Gasteiger partial charge in [0.15, 0.2) is 18.1 Å². The van der Waals surface area contributed by atoms with Crippen LogP contribution in [0.25, 0.3) is 0 Å². The number of rotatable bonds is 6. The van der Waals surface area contributed by atoms with Crippen LogP contribution in [0, 0.1) is 25.2 Å². The smallest absolute Gasteiger partial charge is 0.262 e. The van der Waals surface area contributed by atoms with E-state index in [2.05, 4.69) is 5.32 Å². The number of anilines is 1. The van der Waals surface area contributed by atoms with Crippen LogP contribution in [-0.2, 0) is 4.79 Å². The Labute approximate surface area is 146 Å². The second kappa shape index (κ2) is 8.06. The van der Waals surface area contributed by atoms with Crippen molar-refractivity contribution < 1.29 is 19.0 Å². The maximum atomic E-state index is 12.2. The molecule has 0 saturated heterocycles. The predicted octanol–water partition coefficient (Wildman–Crippen LogP) is 3.21. The number of nitriles is 1. The number of methoxy groups -OCH3 is 2. The van der Waals surface area contributed by atoms with E-state index < -0.39 is 0 Å². The maximum absolute atomic E-state index is 12.2. The molecule has 0 aliphatic carbocycles. The molecule has 2 rings (SSSR count). The molecule has 1 N–H and O–H groups in total. The molecule has 6 heteroatoms. The highest BCUT2D eigenvalue weighted by molar-refractivity contribution is 5.92. The van der Waals surface area contributed by atoms with E-state index in [1.807, 2.05) is 32.0 Å². The molecule has 6 nitrogen and oxygen atoms in total. The summed E-state index contributed by atoms with van der Waals surface area (Å²) in [5, 5.41) is 11.7. The Kier molecular flexibility index (Phi) is 5.85. The van der Waals surface area contributed by atoms with Gasteiger partial charge in [0, 0.05) is 11.8 Å². The second-order valence-corrected chi connectivity index (χ2v) is 5.45. The van der Waals surface area contributed by atoms with Crippen LogP contribution in [-0.4, -0.2) is 26.7 Å². The number of ether oxygens (including phenoxy) is 3. The van der Waals surface area contributed by atoms with Crippen molar-refractivity contribution in [1.82, 2.24) is 0 Å².